The van der Waals surface area contributed by atoms with E-state index in [1.54, 1.807) is 24.3 Å². The van der Waals surface area contributed by atoms with E-state index in [2.05, 4.69) is 5.43 Å². The summed E-state index contributed by atoms with van der Waals surface area (Å²) < 4.78 is 0. The SMILES string of the molecule is O=C1NN(c2ccc(Cl)c(Cl)c2)C(=O)C1=Cc1ccccc1O. The van der Waals surface area contributed by atoms with Gasteiger partial charge >= 0.3 is 0 Å². The molecular formula is C16H10Cl2N2O3. The molecule has 0 aromatic heterocycles. The molecular weight excluding hydrogens is 339 g/mol. The molecule has 1 heterocycles. The second-order valence-corrected chi connectivity index (χ2v) is 5.61. The number of carbonyl (C=O) groups excluding carboxylic acids is 2. The Labute approximate surface area is 141 Å². The Kier molecular flexibility index (Phi) is 3.98. The third-order valence-corrected chi connectivity index (χ3v) is 4.03. The number of para-hydroxylation sites is 1. The standard InChI is InChI=1S/C16H10Cl2N2O3/c17-12-6-5-10(8-13(12)18)20-16(23)11(15(22)19-20)7-9-3-1-2-4-14(9)21/h1-8,21H,(H,19,22). The highest BCUT2D eigenvalue weighted by Crippen LogP contribution is 2.29. The van der Waals surface area contributed by atoms with Gasteiger partial charge < -0.3 is 5.11 Å². The molecule has 7 heteroatoms. The Hall–Kier alpha value is -2.50. The first-order valence-corrected chi connectivity index (χ1v) is 7.33. The maximum atomic E-state index is 12.4. The van der Waals surface area contributed by atoms with Gasteiger partial charge in [-0.1, -0.05) is 41.4 Å². The van der Waals surface area contributed by atoms with Crippen LogP contribution >= 0.6 is 23.2 Å². The molecule has 3 rings (SSSR count). The molecule has 0 saturated carbocycles. The molecule has 0 aliphatic carbocycles. The van der Waals surface area contributed by atoms with Crippen molar-refractivity contribution in [2.75, 3.05) is 5.01 Å². The maximum absolute atomic E-state index is 12.4. The summed E-state index contributed by atoms with van der Waals surface area (Å²) in [7, 11) is 0. The molecule has 2 aromatic rings. The molecule has 0 spiro atoms. The van der Waals surface area contributed by atoms with Gasteiger partial charge in [0.05, 0.1) is 15.7 Å². The predicted molar refractivity (Wildman–Crippen MR) is 88.2 cm³/mol. The summed E-state index contributed by atoms with van der Waals surface area (Å²) in [5.74, 6) is -1.13. The van der Waals surface area contributed by atoms with Crippen LogP contribution in [0.25, 0.3) is 6.08 Å². The zero-order chi connectivity index (χ0) is 16.6. The maximum Gasteiger partial charge on any atom is 0.282 e. The largest absolute Gasteiger partial charge is 0.507 e. The zero-order valence-electron chi connectivity index (χ0n) is 11.6. The second-order valence-electron chi connectivity index (χ2n) is 4.80. The minimum absolute atomic E-state index is 0.0198. The molecule has 0 bridgehead atoms. The van der Waals surface area contributed by atoms with Gasteiger partial charge in [-0.15, -0.1) is 0 Å². The molecule has 5 nitrogen and oxygen atoms in total. The lowest BCUT2D eigenvalue weighted by Gasteiger charge is -2.15. The molecule has 1 saturated heterocycles. The summed E-state index contributed by atoms with van der Waals surface area (Å²) in [5.41, 5.74) is 3.13. The summed E-state index contributed by atoms with van der Waals surface area (Å²) >= 11 is 11.8. The van der Waals surface area contributed by atoms with Gasteiger partial charge in [0.15, 0.2) is 0 Å². The van der Waals surface area contributed by atoms with E-state index in [4.69, 9.17) is 23.2 Å². The smallest absolute Gasteiger partial charge is 0.282 e. The van der Waals surface area contributed by atoms with E-state index in [1.807, 2.05) is 0 Å². The highest BCUT2D eigenvalue weighted by atomic mass is 35.5. The van der Waals surface area contributed by atoms with Crippen LogP contribution in [0.5, 0.6) is 5.75 Å². The third-order valence-electron chi connectivity index (χ3n) is 3.29. The van der Waals surface area contributed by atoms with Crippen molar-refractivity contribution in [1.29, 1.82) is 0 Å². The lowest BCUT2D eigenvalue weighted by atomic mass is 10.1. The van der Waals surface area contributed by atoms with Gasteiger partial charge in [0, 0.05) is 5.56 Å². The lowest BCUT2D eigenvalue weighted by Crippen LogP contribution is -2.35. The topological polar surface area (TPSA) is 69.6 Å². The zero-order valence-corrected chi connectivity index (χ0v) is 13.1. The summed E-state index contributed by atoms with van der Waals surface area (Å²) in [4.78, 5) is 24.5. The third kappa shape index (κ3) is 2.88. The second kappa shape index (κ2) is 5.95. The molecule has 0 atom stereocenters. The van der Waals surface area contributed by atoms with Gasteiger partial charge in [-0.25, -0.2) is 5.01 Å². The van der Waals surface area contributed by atoms with E-state index in [9.17, 15) is 14.7 Å². The molecule has 1 aliphatic heterocycles. The molecule has 1 fully saturated rings. The molecule has 1 aliphatic rings. The quantitative estimate of drug-likeness (QED) is 0.646. The predicted octanol–water partition coefficient (Wildman–Crippen LogP) is 3.16. The molecule has 2 amide bonds. The Morgan fingerprint density at radius 1 is 1.04 bits per heavy atom. The average Bonchev–Trinajstić information content (AvgIpc) is 2.80. The van der Waals surface area contributed by atoms with E-state index in [1.165, 1.54) is 24.3 Å². The fourth-order valence-electron chi connectivity index (χ4n) is 2.13. The highest BCUT2D eigenvalue weighted by molar-refractivity contribution is 6.42. The molecule has 116 valence electrons. The Morgan fingerprint density at radius 2 is 1.78 bits per heavy atom. The van der Waals surface area contributed by atoms with Crippen molar-refractivity contribution < 1.29 is 14.7 Å². The number of nitrogens with zero attached hydrogens (tertiary/aromatic N) is 1. The van der Waals surface area contributed by atoms with E-state index in [0.29, 0.717) is 16.3 Å². The van der Waals surface area contributed by atoms with Crippen LogP contribution in [0.2, 0.25) is 10.0 Å². The van der Waals surface area contributed by atoms with E-state index in [0.717, 1.165) is 5.01 Å². The summed E-state index contributed by atoms with van der Waals surface area (Å²) in [6.07, 6.45) is 1.34. The van der Waals surface area contributed by atoms with Crippen molar-refractivity contribution in [3.05, 3.63) is 63.6 Å². The van der Waals surface area contributed by atoms with E-state index < -0.39 is 11.8 Å². The van der Waals surface area contributed by atoms with Crippen LogP contribution in [0.3, 0.4) is 0 Å². The number of benzene rings is 2. The molecule has 2 N–H and O–H groups in total. The number of anilines is 1. The average molecular weight is 349 g/mol. The number of amides is 2. The number of hydrogen-bond donors (Lipinski definition) is 2. The van der Waals surface area contributed by atoms with Gasteiger partial charge in [0.25, 0.3) is 11.8 Å². The van der Waals surface area contributed by atoms with Gasteiger partial charge in [-0.3, -0.25) is 15.0 Å². The normalized spacial score (nSPS) is 16.1. The van der Waals surface area contributed by atoms with E-state index >= 15 is 0 Å². The Balaban J connectivity index is 1.97. The van der Waals surface area contributed by atoms with Gasteiger partial charge in [0.1, 0.15) is 11.3 Å². The minimum Gasteiger partial charge on any atom is -0.507 e. The fourth-order valence-corrected chi connectivity index (χ4v) is 2.42. The van der Waals surface area contributed by atoms with Crippen LogP contribution < -0.4 is 10.4 Å². The number of phenols is 1. The van der Waals surface area contributed by atoms with Crippen LogP contribution in [0.4, 0.5) is 5.69 Å². The van der Waals surface area contributed by atoms with Crippen molar-refractivity contribution in [1.82, 2.24) is 5.43 Å². The monoisotopic (exact) mass is 348 g/mol. The van der Waals surface area contributed by atoms with Crippen molar-refractivity contribution in [2.24, 2.45) is 0 Å². The molecule has 23 heavy (non-hydrogen) atoms. The van der Waals surface area contributed by atoms with Crippen molar-refractivity contribution in [2.45, 2.75) is 0 Å². The van der Waals surface area contributed by atoms with Crippen molar-refractivity contribution >= 4 is 46.8 Å². The first-order chi connectivity index (χ1) is 11.0. The van der Waals surface area contributed by atoms with Crippen LogP contribution in [-0.2, 0) is 9.59 Å². The fraction of sp³-hybridized carbons (Fsp3) is 0. The number of carbonyl (C=O) groups is 2. The number of halogens is 2. The summed E-state index contributed by atoms with van der Waals surface area (Å²) in [6.45, 7) is 0. The van der Waals surface area contributed by atoms with Gasteiger partial charge in [0.2, 0.25) is 0 Å². The van der Waals surface area contributed by atoms with Gasteiger partial charge in [-0.2, -0.15) is 0 Å². The Bertz CT molecular complexity index is 849. The highest BCUT2D eigenvalue weighted by Gasteiger charge is 2.34. The summed E-state index contributed by atoms with van der Waals surface area (Å²) in [5, 5.41) is 11.5. The minimum atomic E-state index is -0.565. The number of nitrogens with one attached hydrogen (secondary N) is 1. The van der Waals surface area contributed by atoms with Crippen molar-refractivity contribution in [3.63, 3.8) is 0 Å². The van der Waals surface area contributed by atoms with Crippen molar-refractivity contribution in [3.8, 4) is 5.75 Å². The molecule has 2 aromatic carbocycles. The van der Waals surface area contributed by atoms with Gasteiger partial charge in [-0.05, 0) is 30.3 Å². The van der Waals surface area contributed by atoms with Crippen LogP contribution in [-0.4, -0.2) is 16.9 Å². The number of rotatable bonds is 2. The van der Waals surface area contributed by atoms with E-state index in [-0.39, 0.29) is 16.3 Å². The van der Waals surface area contributed by atoms with Crippen LogP contribution in [0.1, 0.15) is 5.56 Å². The van der Waals surface area contributed by atoms with Crippen LogP contribution in [0.15, 0.2) is 48.0 Å². The molecule has 0 radical (unpaired) electrons. The number of aromatic hydroxyl groups is 1. The number of phenolic OH excluding ortho intramolecular Hbond substituents is 1. The molecule has 0 unspecified atom stereocenters. The number of hydrogen-bond acceptors (Lipinski definition) is 3. The first kappa shape index (κ1) is 15.4. The van der Waals surface area contributed by atoms with Crippen LogP contribution in [0, 0.1) is 0 Å². The summed E-state index contributed by atoms with van der Waals surface area (Å²) in [6, 6.07) is 11.0. The number of hydrazine groups is 1. The lowest BCUT2D eigenvalue weighted by molar-refractivity contribution is -0.117. The first-order valence-electron chi connectivity index (χ1n) is 6.57. The Morgan fingerprint density at radius 3 is 2.48 bits per heavy atom.